The van der Waals surface area contributed by atoms with Gasteiger partial charge in [-0.25, -0.2) is 4.74 Å². The van der Waals surface area contributed by atoms with Crippen molar-refractivity contribution in [1.29, 1.82) is 0 Å². The summed E-state index contributed by atoms with van der Waals surface area (Å²) in [6, 6.07) is 0. The summed E-state index contributed by atoms with van der Waals surface area (Å²) in [4.78, 5) is -0.419. The highest BCUT2D eigenvalue weighted by molar-refractivity contribution is 7.86. The van der Waals surface area contributed by atoms with E-state index in [0.717, 1.165) is 18.7 Å². The Hall–Kier alpha value is -1.34. The maximum Gasteiger partial charge on any atom is 0.298 e. The molecule has 0 aliphatic heterocycles. The van der Waals surface area contributed by atoms with E-state index in [1.165, 1.54) is 0 Å². The molecule has 0 radical (unpaired) electrons. The molecule has 0 bridgehead atoms. The summed E-state index contributed by atoms with van der Waals surface area (Å²) >= 11 is 0. The molecule has 0 fully saturated rings. The zero-order valence-electron chi connectivity index (χ0n) is 9.17. The van der Waals surface area contributed by atoms with Crippen molar-refractivity contribution in [2.24, 2.45) is 0 Å². The van der Waals surface area contributed by atoms with Gasteiger partial charge in [-0.05, 0) is 0 Å². The molecule has 0 unspecified atom stereocenters. The van der Waals surface area contributed by atoms with Crippen LogP contribution in [0.3, 0.4) is 0 Å². The third-order valence-corrected chi connectivity index (χ3v) is 2.74. The summed E-state index contributed by atoms with van der Waals surface area (Å²) in [7, 11) is -4.37. The second-order valence-electron chi connectivity index (χ2n) is 4.29. The van der Waals surface area contributed by atoms with Crippen molar-refractivity contribution in [3.05, 3.63) is 23.3 Å². The van der Waals surface area contributed by atoms with Gasteiger partial charge in [0.15, 0.2) is 11.8 Å². The molecule has 1 heterocycles. The predicted molar refractivity (Wildman–Crippen MR) is 57.1 cm³/mol. The fourth-order valence-corrected chi connectivity index (χ4v) is 1.49. The molecule has 16 heavy (non-hydrogen) atoms. The highest BCUT2D eigenvalue weighted by atomic mass is 32.2. The summed E-state index contributed by atoms with van der Waals surface area (Å²) in [6.45, 7) is 5.01. The lowest BCUT2D eigenvalue weighted by Crippen LogP contribution is -2.29. The minimum absolute atomic E-state index is 0.0208. The molecule has 1 aromatic heterocycles. The van der Waals surface area contributed by atoms with Crippen LogP contribution in [0.5, 0.6) is 0 Å². The lowest BCUT2D eigenvalue weighted by molar-refractivity contribution is -0.530. The van der Waals surface area contributed by atoms with Crippen LogP contribution in [0.4, 0.5) is 0 Å². The second kappa shape index (κ2) is 3.91. The molecular formula is C9H13NO5S. The molecule has 1 aromatic rings. The standard InChI is InChI=1S/C9H13NO5S/c1-9(2,3)10(11)4-7-5-15-6-8(7)16(12,13)14/h4-6H,1-3H3,(H,12,13,14). The van der Waals surface area contributed by atoms with Crippen molar-refractivity contribution in [2.45, 2.75) is 31.2 Å². The van der Waals surface area contributed by atoms with Crippen LogP contribution >= 0.6 is 0 Å². The van der Waals surface area contributed by atoms with Gasteiger partial charge in [0, 0.05) is 20.8 Å². The van der Waals surface area contributed by atoms with E-state index >= 15 is 0 Å². The van der Waals surface area contributed by atoms with Gasteiger partial charge in [-0.15, -0.1) is 0 Å². The molecule has 0 atom stereocenters. The van der Waals surface area contributed by atoms with Crippen LogP contribution in [0.1, 0.15) is 26.3 Å². The van der Waals surface area contributed by atoms with E-state index in [0.29, 0.717) is 4.74 Å². The van der Waals surface area contributed by atoms with E-state index in [2.05, 4.69) is 4.42 Å². The maximum absolute atomic E-state index is 11.6. The maximum atomic E-state index is 11.6. The lowest BCUT2D eigenvalue weighted by Gasteiger charge is -2.18. The molecular weight excluding hydrogens is 234 g/mol. The van der Waals surface area contributed by atoms with E-state index in [1.54, 1.807) is 20.8 Å². The Morgan fingerprint density at radius 2 is 2.00 bits per heavy atom. The Kier molecular flexibility index (Phi) is 3.11. The normalized spacial score (nSPS) is 14.1. The Labute approximate surface area is 93.5 Å². The molecule has 90 valence electrons. The lowest BCUT2D eigenvalue weighted by atomic mass is 10.1. The minimum atomic E-state index is -4.37. The summed E-state index contributed by atoms with van der Waals surface area (Å²) in [5, 5.41) is 11.6. The number of hydroxylamine groups is 1. The third-order valence-electron chi connectivity index (χ3n) is 1.85. The summed E-state index contributed by atoms with van der Waals surface area (Å²) in [6.07, 6.45) is 3.02. The average molecular weight is 247 g/mol. The van der Waals surface area contributed by atoms with E-state index in [-0.39, 0.29) is 5.56 Å². The molecule has 1 N–H and O–H groups in total. The minimum Gasteiger partial charge on any atom is -0.623 e. The van der Waals surface area contributed by atoms with Crippen molar-refractivity contribution < 1.29 is 22.1 Å². The fourth-order valence-electron chi connectivity index (χ4n) is 0.919. The van der Waals surface area contributed by atoms with Gasteiger partial charge < -0.3 is 9.62 Å². The Bertz CT molecular complexity index is 506. The molecule has 0 aliphatic carbocycles. The zero-order chi connectivity index (χ0) is 12.6. The van der Waals surface area contributed by atoms with Crippen molar-refractivity contribution >= 4 is 16.3 Å². The van der Waals surface area contributed by atoms with Crippen LogP contribution in [0, 0.1) is 5.21 Å². The number of hydrogen-bond acceptors (Lipinski definition) is 4. The summed E-state index contributed by atoms with van der Waals surface area (Å²) in [5.41, 5.74) is -0.680. The number of nitrogens with zero attached hydrogens (tertiary/aromatic N) is 1. The largest absolute Gasteiger partial charge is 0.623 e. The van der Waals surface area contributed by atoms with Crippen molar-refractivity contribution in [3.8, 4) is 0 Å². The molecule has 0 saturated heterocycles. The van der Waals surface area contributed by atoms with Crippen molar-refractivity contribution in [2.75, 3.05) is 0 Å². The van der Waals surface area contributed by atoms with Crippen LogP contribution in [0.25, 0.3) is 0 Å². The quantitative estimate of drug-likeness (QED) is 0.279. The molecule has 0 aromatic carbocycles. The highest BCUT2D eigenvalue weighted by Crippen LogP contribution is 2.15. The van der Waals surface area contributed by atoms with Gasteiger partial charge in [0.05, 0.1) is 5.56 Å². The first-order valence-corrected chi connectivity index (χ1v) is 5.91. The van der Waals surface area contributed by atoms with Gasteiger partial charge >= 0.3 is 0 Å². The van der Waals surface area contributed by atoms with Crippen molar-refractivity contribution in [1.82, 2.24) is 0 Å². The summed E-state index contributed by atoms with van der Waals surface area (Å²) < 4.78 is 35.9. The third kappa shape index (κ3) is 2.83. The first-order chi connectivity index (χ1) is 7.12. The molecule has 0 amide bonds. The van der Waals surface area contributed by atoms with Gasteiger partial charge in [-0.3, -0.25) is 4.55 Å². The Morgan fingerprint density at radius 3 is 2.44 bits per heavy atom. The van der Waals surface area contributed by atoms with Gasteiger partial charge in [0.1, 0.15) is 17.4 Å². The summed E-state index contributed by atoms with van der Waals surface area (Å²) in [5.74, 6) is 0. The monoisotopic (exact) mass is 247 g/mol. The first kappa shape index (κ1) is 12.7. The second-order valence-corrected chi connectivity index (χ2v) is 5.68. The smallest absolute Gasteiger partial charge is 0.298 e. The molecule has 0 saturated carbocycles. The fraction of sp³-hybridized carbons (Fsp3) is 0.444. The zero-order valence-corrected chi connectivity index (χ0v) is 9.98. The predicted octanol–water partition coefficient (Wildman–Crippen LogP) is 1.25. The van der Waals surface area contributed by atoms with E-state index < -0.39 is 20.6 Å². The molecule has 7 heteroatoms. The molecule has 1 rings (SSSR count). The van der Waals surface area contributed by atoms with Gasteiger partial charge in [-0.2, -0.15) is 8.42 Å². The van der Waals surface area contributed by atoms with Gasteiger partial charge in [0.25, 0.3) is 10.1 Å². The van der Waals surface area contributed by atoms with Crippen LogP contribution in [-0.4, -0.2) is 29.5 Å². The highest BCUT2D eigenvalue weighted by Gasteiger charge is 2.22. The van der Waals surface area contributed by atoms with Crippen molar-refractivity contribution in [3.63, 3.8) is 0 Å². The van der Waals surface area contributed by atoms with Crippen LogP contribution in [-0.2, 0) is 10.1 Å². The van der Waals surface area contributed by atoms with Gasteiger partial charge in [0.2, 0.25) is 0 Å². The molecule has 6 nitrogen and oxygen atoms in total. The van der Waals surface area contributed by atoms with E-state index in [9.17, 15) is 13.6 Å². The number of hydrogen-bond donors (Lipinski definition) is 1. The number of rotatable bonds is 2. The van der Waals surface area contributed by atoms with E-state index in [4.69, 9.17) is 4.55 Å². The average Bonchev–Trinajstić information content (AvgIpc) is 2.49. The Morgan fingerprint density at radius 1 is 1.44 bits per heavy atom. The molecule has 0 aliphatic rings. The van der Waals surface area contributed by atoms with Gasteiger partial charge in [-0.1, -0.05) is 0 Å². The molecule has 0 spiro atoms. The van der Waals surface area contributed by atoms with Crippen LogP contribution in [0.2, 0.25) is 0 Å². The first-order valence-electron chi connectivity index (χ1n) is 4.47. The van der Waals surface area contributed by atoms with E-state index in [1.807, 2.05) is 0 Å². The Balaban J connectivity index is 3.23. The topological polar surface area (TPSA) is 93.6 Å². The van der Waals surface area contributed by atoms with Crippen LogP contribution in [0.15, 0.2) is 21.8 Å². The SMILES string of the molecule is CC(C)(C)[N+]([O-])=Cc1cocc1S(=O)(=O)O. The van der Waals surface area contributed by atoms with Crippen LogP contribution < -0.4 is 0 Å². The number of furan rings is 1.